The molecule has 0 bridgehead atoms. The highest BCUT2D eigenvalue weighted by Gasteiger charge is 2.44. The number of nitrogens with two attached hydrogens (primary N) is 1. The fourth-order valence-corrected chi connectivity index (χ4v) is 5.94. The fraction of sp³-hybridized carbons (Fsp3) is 0.562. The molecule has 0 aromatic carbocycles. The number of carboxylic acid groups (broad SMARTS) is 1. The molecule has 2 atom stereocenters. The first-order valence-electron chi connectivity index (χ1n) is 15.2. The summed E-state index contributed by atoms with van der Waals surface area (Å²) in [7, 11) is 1.82. The number of rotatable bonds is 13. The Labute approximate surface area is 260 Å². The minimum atomic E-state index is -2.56. The second-order valence-electron chi connectivity index (χ2n) is 11.9. The normalized spacial score (nSPS) is 18.0. The number of carbonyl (C=O) groups is 4. The molecular formula is C32H38F2N6O5. The molecule has 2 aliphatic rings. The van der Waals surface area contributed by atoms with Crippen molar-refractivity contribution >= 4 is 34.7 Å². The number of nitriles is 1. The minimum absolute atomic E-state index is 0.0908. The maximum atomic E-state index is 14.0. The van der Waals surface area contributed by atoms with Crippen molar-refractivity contribution in [2.45, 2.75) is 82.6 Å². The monoisotopic (exact) mass is 624 g/mol. The fourth-order valence-electron chi connectivity index (χ4n) is 5.94. The summed E-state index contributed by atoms with van der Waals surface area (Å²) in [6.45, 7) is 0.379. The van der Waals surface area contributed by atoms with Gasteiger partial charge >= 0.3 is 5.97 Å². The van der Waals surface area contributed by atoms with E-state index in [-0.39, 0.29) is 50.6 Å². The van der Waals surface area contributed by atoms with Crippen LogP contribution in [0, 0.1) is 35.0 Å². The van der Waals surface area contributed by atoms with E-state index in [0.29, 0.717) is 41.4 Å². The Bertz CT molecular complexity index is 1560. The van der Waals surface area contributed by atoms with E-state index < -0.39 is 35.7 Å². The molecule has 45 heavy (non-hydrogen) atoms. The number of carboxylic acids is 1. The maximum Gasteiger partial charge on any atom is 0.326 e. The number of aromatic nitrogens is 2. The molecule has 1 aliphatic carbocycles. The number of halogens is 2. The van der Waals surface area contributed by atoms with Gasteiger partial charge in [0.15, 0.2) is 0 Å². The number of likely N-dealkylation sites (tertiary alicyclic amines) is 1. The molecule has 3 amide bonds. The van der Waals surface area contributed by atoms with Gasteiger partial charge in [-0.2, -0.15) is 5.26 Å². The van der Waals surface area contributed by atoms with Crippen molar-refractivity contribution in [1.82, 2.24) is 19.8 Å². The number of unbranched alkanes of at least 4 members (excludes halogenated alkanes) is 4. The standard InChI is InChI=1S/C32H38F2N6O5/c1-39-25(9-7-5-3-2-4-6-8-20-15-32(33,34)16-20)27(23-14-21(17-35)18-37-28(23)39)30(43)40-13-12-22(19-40)29(42)38-24(31(44)45)10-11-26(36)41/h14,18,20,22,24H,2-5,7,9-13,15-16,19H2,1H3,(H2,36,41)(H,38,42)(H,44,45)/t22-,24-/m0/s1. The highest BCUT2D eigenvalue weighted by atomic mass is 19.3. The van der Waals surface area contributed by atoms with Crippen LogP contribution in [-0.2, 0) is 27.9 Å². The second-order valence-corrected chi connectivity index (χ2v) is 11.9. The molecule has 0 radical (unpaired) electrons. The lowest BCUT2D eigenvalue weighted by Crippen LogP contribution is -2.44. The smallest absolute Gasteiger partial charge is 0.326 e. The van der Waals surface area contributed by atoms with E-state index in [4.69, 9.17) is 5.73 Å². The third kappa shape index (κ3) is 8.35. The number of pyridine rings is 1. The van der Waals surface area contributed by atoms with Crippen LogP contribution in [-0.4, -0.2) is 68.3 Å². The predicted molar refractivity (Wildman–Crippen MR) is 160 cm³/mol. The lowest BCUT2D eigenvalue weighted by atomic mass is 9.82. The van der Waals surface area contributed by atoms with Crippen LogP contribution in [0.5, 0.6) is 0 Å². The van der Waals surface area contributed by atoms with Crippen molar-refractivity contribution in [3.05, 3.63) is 29.1 Å². The third-order valence-corrected chi connectivity index (χ3v) is 8.49. The zero-order valence-electron chi connectivity index (χ0n) is 25.3. The number of primary amides is 1. The Morgan fingerprint density at radius 1 is 1.22 bits per heavy atom. The molecule has 2 aromatic heterocycles. The molecule has 4 N–H and O–H groups in total. The van der Waals surface area contributed by atoms with E-state index in [2.05, 4.69) is 28.2 Å². The van der Waals surface area contributed by atoms with Gasteiger partial charge in [-0.25, -0.2) is 18.6 Å². The van der Waals surface area contributed by atoms with Gasteiger partial charge in [-0.3, -0.25) is 14.4 Å². The number of nitrogens with one attached hydrogen (secondary N) is 1. The highest BCUT2D eigenvalue weighted by Crippen LogP contribution is 2.41. The minimum Gasteiger partial charge on any atom is -0.480 e. The summed E-state index contributed by atoms with van der Waals surface area (Å²) >= 11 is 0. The molecule has 4 rings (SSSR count). The topological polar surface area (TPSA) is 171 Å². The van der Waals surface area contributed by atoms with E-state index >= 15 is 0 Å². The van der Waals surface area contributed by atoms with Crippen molar-refractivity contribution in [2.75, 3.05) is 13.1 Å². The van der Waals surface area contributed by atoms with Gasteiger partial charge in [0, 0.05) is 69.0 Å². The van der Waals surface area contributed by atoms with Crippen LogP contribution in [0.1, 0.15) is 85.8 Å². The lowest BCUT2D eigenvalue weighted by molar-refractivity contribution is -0.142. The highest BCUT2D eigenvalue weighted by molar-refractivity contribution is 6.08. The molecule has 0 unspecified atom stereocenters. The van der Waals surface area contributed by atoms with Crippen molar-refractivity contribution in [1.29, 1.82) is 5.26 Å². The van der Waals surface area contributed by atoms with Gasteiger partial charge in [0.05, 0.1) is 17.0 Å². The molecule has 2 fully saturated rings. The predicted octanol–water partition coefficient (Wildman–Crippen LogP) is 3.28. The molecule has 1 saturated carbocycles. The average Bonchev–Trinajstić information content (AvgIpc) is 3.58. The zero-order valence-corrected chi connectivity index (χ0v) is 25.3. The number of aliphatic carboxylic acids is 1. The quantitative estimate of drug-likeness (QED) is 0.227. The number of fused-ring (bicyclic) bond motifs is 1. The molecule has 13 heteroatoms. The number of alkyl halides is 2. The Balaban J connectivity index is 1.40. The first-order valence-corrected chi connectivity index (χ1v) is 15.2. The zero-order chi connectivity index (χ0) is 32.7. The number of nitrogens with zero attached hydrogens (tertiary/aromatic N) is 4. The van der Waals surface area contributed by atoms with Crippen LogP contribution in [0.15, 0.2) is 12.3 Å². The second kappa shape index (κ2) is 14.5. The van der Waals surface area contributed by atoms with Crippen molar-refractivity contribution in [3.8, 4) is 17.9 Å². The summed E-state index contributed by atoms with van der Waals surface area (Å²) in [5.41, 5.74) is 7.21. The molecule has 240 valence electrons. The molecule has 0 spiro atoms. The van der Waals surface area contributed by atoms with Crippen LogP contribution in [0.4, 0.5) is 8.78 Å². The first-order chi connectivity index (χ1) is 21.4. The summed E-state index contributed by atoms with van der Waals surface area (Å²) in [6.07, 6.45) is 5.84. The molecule has 2 aromatic rings. The SMILES string of the molecule is Cn1c(CCCCCCC#CC2CC(F)(F)C2)c(C(=O)N2CC[C@H](C(=O)N[C@@H](CCC(N)=O)C(=O)O)C2)c2cc(C#N)cnc21. The van der Waals surface area contributed by atoms with Gasteiger partial charge in [0.2, 0.25) is 11.8 Å². The van der Waals surface area contributed by atoms with Gasteiger partial charge in [-0.1, -0.05) is 18.8 Å². The van der Waals surface area contributed by atoms with Crippen molar-refractivity contribution < 1.29 is 33.1 Å². The molecular weight excluding hydrogens is 586 g/mol. The van der Waals surface area contributed by atoms with Gasteiger partial charge in [0.1, 0.15) is 17.8 Å². The number of hydrogen-bond acceptors (Lipinski definition) is 6. The average molecular weight is 625 g/mol. The Morgan fingerprint density at radius 3 is 2.62 bits per heavy atom. The first kappa shape index (κ1) is 33.4. The van der Waals surface area contributed by atoms with E-state index in [1.165, 1.54) is 6.20 Å². The van der Waals surface area contributed by atoms with E-state index in [1.807, 2.05) is 11.6 Å². The van der Waals surface area contributed by atoms with Crippen LogP contribution < -0.4 is 11.1 Å². The largest absolute Gasteiger partial charge is 0.480 e. The number of carbonyl (C=O) groups excluding carboxylic acids is 3. The van der Waals surface area contributed by atoms with Crippen LogP contribution in [0.25, 0.3) is 11.0 Å². The third-order valence-electron chi connectivity index (χ3n) is 8.49. The maximum absolute atomic E-state index is 14.0. The summed E-state index contributed by atoms with van der Waals surface area (Å²) in [6, 6.07) is 2.45. The van der Waals surface area contributed by atoms with E-state index in [9.17, 15) is 38.3 Å². The summed E-state index contributed by atoms with van der Waals surface area (Å²) in [4.78, 5) is 55.5. The summed E-state index contributed by atoms with van der Waals surface area (Å²) in [5.74, 6) is -0.178. The van der Waals surface area contributed by atoms with Crippen LogP contribution in [0.2, 0.25) is 0 Å². The summed E-state index contributed by atoms with van der Waals surface area (Å²) < 4.78 is 27.8. The number of aryl methyl sites for hydroxylation is 1. The molecule has 11 nitrogen and oxygen atoms in total. The Kier molecular flexibility index (Phi) is 10.8. The number of amides is 3. The molecule has 1 saturated heterocycles. The van der Waals surface area contributed by atoms with E-state index in [0.717, 1.165) is 31.4 Å². The van der Waals surface area contributed by atoms with Crippen molar-refractivity contribution in [3.63, 3.8) is 0 Å². The van der Waals surface area contributed by atoms with Gasteiger partial charge in [-0.15, -0.1) is 5.92 Å². The Morgan fingerprint density at radius 2 is 1.96 bits per heavy atom. The molecule has 3 heterocycles. The van der Waals surface area contributed by atoms with Gasteiger partial charge < -0.3 is 25.6 Å². The van der Waals surface area contributed by atoms with E-state index in [1.54, 1.807) is 11.0 Å². The summed E-state index contributed by atoms with van der Waals surface area (Å²) in [5, 5.41) is 21.9. The van der Waals surface area contributed by atoms with Crippen LogP contribution in [0.3, 0.4) is 0 Å². The van der Waals surface area contributed by atoms with Gasteiger partial charge in [-0.05, 0) is 38.2 Å². The Hall–Kier alpha value is -4.52. The van der Waals surface area contributed by atoms with Crippen LogP contribution >= 0.6 is 0 Å². The number of hydrogen-bond donors (Lipinski definition) is 3. The van der Waals surface area contributed by atoms with Gasteiger partial charge in [0.25, 0.3) is 11.8 Å². The van der Waals surface area contributed by atoms with Crippen molar-refractivity contribution in [2.24, 2.45) is 24.6 Å². The lowest BCUT2D eigenvalue weighted by Gasteiger charge is -2.31. The molecule has 1 aliphatic heterocycles.